The molecule has 0 amide bonds. The van der Waals surface area contributed by atoms with Crippen LogP contribution in [0, 0.1) is 23.7 Å². The van der Waals surface area contributed by atoms with Crippen molar-refractivity contribution < 1.29 is 14.0 Å². The molecule has 0 spiro atoms. The fourth-order valence-electron chi connectivity index (χ4n) is 4.95. The number of ketones is 1. The summed E-state index contributed by atoms with van der Waals surface area (Å²) >= 11 is 0. The van der Waals surface area contributed by atoms with Gasteiger partial charge in [0.1, 0.15) is 11.5 Å². The van der Waals surface area contributed by atoms with Gasteiger partial charge in [-0.2, -0.15) is 0 Å². The predicted octanol–water partition coefficient (Wildman–Crippen LogP) is 6.60. The molecular weight excluding hydrogens is 388 g/mol. The molecular formula is C26H38O3Si. The SMILES string of the molecule is C=C[C@@H]1C[C@@H](Cc2ccc(OC)c(O[Si](C)(C)C(C)(C)C)c2)[C@H]2C(=O)CCC(=C)[C@H]21. The molecule has 0 aromatic heterocycles. The number of methoxy groups -OCH3 is 1. The first kappa shape index (κ1) is 22.9. The first-order chi connectivity index (χ1) is 14.0. The van der Waals surface area contributed by atoms with Gasteiger partial charge in [-0.3, -0.25) is 4.79 Å². The average molecular weight is 427 g/mol. The number of hydrogen-bond acceptors (Lipinski definition) is 3. The zero-order valence-corrected chi connectivity index (χ0v) is 20.6. The highest BCUT2D eigenvalue weighted by Gasteiger charge is 2.48. The molecule has 3 nitrogen and oxygen atoms in total. The third-order valence-electron chi connectivity index (χ3n) is 7.67. The van der Waals surface area contributed by atoms with E-state index in [2.05, 4.69) is 59.2 Å². The number of allylic oxidation sites excluding steroid dienone is 2. The highest BCUT2D eigenvalue weighted by molar-refractivity contribution is 6.74. The number of rotatable bonds is 6. The maximum absolute atomic E-state index is 12.8. The third kappa shape index (κ3) is 4.30. The minimum atomic E-state index is -1.98. The Morgan fingerprint density at radius 3 is 2.47 bits per heavy atom. The Labute approximate surface area is 183 Å². The van der Waals surface area contributed by atoms with Gasteiger partial charge in [0.25, 0.3) is 8.32 Å². The Balaban J connectivity index is 1.87. The van der Waals surface area contributed by atoms with Crippen molar-refractivity contribution in [3.05, 3.63) is 48.6 Å². The summed E-state index contributed by atoms with van der Waals surface area (Å²) in [6.07, 6.45) is 5.41. The van der Waals surface area contributed by atoms with Crippen molar-refractivity contribution in [2.24, 2.45) is 23.7 Å². The molecule has 4 atom stereocenters. The van der Waals surface area contributed by atoms with Crippen LogP contribution in [0.1, 0.15) is 45.6 Å². The fourth-order valence-corrected chi connectivity index (χ4v) is 5.97. The average Bonchev–Trinajstić information content (AvgIpc) is 3.03. The summed E-state index contributed by atoms with van der Waals surface area (Å²) in [7, 11) is -0.294. The number of ether oxygens (including phenoxy) is 1. The lowest BCUT2D eigenvalue weighted by Gasteiger charge is -2.37. The molecule has 0 unspecified atom stereocenters. The molecule has 2 fully saturated rings. The van der Waals surface area contributed by atoms with Crippen LogP contribution in [0.3, 0.4) is 0 Å². The Morgan fingerprint density at radius 1 is 1.17 bits per heavy atom. The normalized spacial score (nSPS) is 27.0. The molecule has 0 radical (unpaired) electrons. The number of benzene rings is 1. The van der Waals surface area contributed by atoms with Gasteiger partial charge in [0.05, 0.1) is 7.11 Å². The van der Waals surface area contributed by atoms with Crippen LogP contribution in [-0.2, 0) is 11.2 Å². The zero-order valence-electron chi connectivity index (χ0n) is 19.6. The lowest BCUT2D eigenvalue weighted by Crippen LogP contribution is -2.44. The quantitative estimate of drug-likeness (QED) is 0.380. The maximum Gasteiger partial charge on any atom is 0.250 e. The summed E-state index contributed by atoms with van der Waals surface area (Å²) in [4.78, 5) is 12.8. The first-order valence-electron chi connectivity index (χ1n) is 11.2. The largest absolute Gasteiger partial charge is 0.541 e. The van der Waals surface area contributed by atoms with Crippen molar-refractivity contribution >= 4 is 14.1 Å². The maximum atomic E-state index is 12.8. The molecule has 30 heavy (non-hydrogen) atoms. The molecule has 2 aliphatic rings. The van der Waals surface area contributed by atoms with Crippen molar-refractivity contribution in [2.75, 3.05) is 7.11 Å². The van der Waals surface area contributed by atoms with Gasteiger partial charge in [0, 0.05) is 12.3 Å². The molecule has 0 bridgehead atoms. The number of carbonyl (C=O) groups is 1. The lowest BCUT2D eigenvalue weighted by atomic mass is 9.71. The molecule has 1 aromatic carbocycles. The highest BCUT2D eigenvalue weighted by atomic mass is 28.4. The van der Waals surface area contributed by atoms with E-state index >= 15 is 0 Å². The Hall–Kier alpha value is -1.81. The summed E-state index contributed by atoms with van der Waals surface area (Å²) in [5, 5.41) is 0.110. The van der Waals surface area contributed by atoms with Crippen LogP contribution in [0.25, 0.3) is 0 Å². The molecule has 164 valence electrons. The molecule has 1 aromatic rings. The summed E-state index contributed by atoms with van der Waals surface area (Å²) in [5.74, 6) is 3.06. The van der Waals surface area contributed by atoms with Crippen LogP contribution < -0.4 is 9.16 Å². The monoisotopic (exact) mass is 426 g/mol. The van der Waals surface area contributed by atoms with Gasteiger partial charge in [-0.15, -0.1) is 6.58 Å². The molecule has 0 saturated heterocycles. The van der Waals surface area contributed by atoms with Gasteiger partial charge in [0.15, 0.2) is 5.75 Å². The summed E-state index contributed by atoms with van der Waals surface area (Å²) in [6.45, 7) is 19.6. The topological polar surface area (TPSA) is 35.5 Å². The van der Waals surface area contributed by atoms with Gasteiger partial charge in [-0.05, 0) is 72.8 Å². The van der Waals surface area contributed by atoms with Crippen LogP contribution in [0.4, 0.5) is 0 Å². The summed E-state index contributed by atoms with van der Waals surface area (Å²) < 4.78 is 12.2. The molecule has 0 heterocycles. The number of fused-ring (bicyclic) bond motifs is 1. The van der Waals surface area contributed by atoms with Gasteiger partial charge >= 0.3 is 0 Å². The van der Waals surface area contributed by atoms with Crippen LogP contribution >= 0.6 is 0 Å². The standard InChI is InChI=1S/C26H38O3Si/c1-9-19-16-20(25-21(27)12-10-17(2)24(19)25)14-18-11-13-22(28-6)23(15-18)29-30(7,8)26(3,4)5/h9,11,13,15,19-20,24-25H,1-2,10,12,14,16H2,3-8H3/t19-,20-,24+,25+/m1/s1. The molecule has 0 N–H and O–H groups in total. The number of hydrogen-bond donors (Lipinski definition) is 0. The predicted molar refractivity (Wildman–Crippen MR) is 127 cm³/mol. The van der Waals surface area contributed by atoms with Crippen molar-refractivity contribution in [2.45, 2.75) is 64.6 Å². The molecule has 2 aliphatic carbocycles. The van der Waals surface area contributed by atoms with Crippen LogP contribution in [0.5, 0.6) is 11.5 Å². The third-order valence-corrected chi connectivity index (χ3v) is 12.0. The Bertz CT molecular complexity index is 833. The van der Waals surface area contributed by atoms with E-state index in [0.29, 0.717) is 24.0 Å². The second-order valence-corrected chi connectivity index (χ2v) is 15.3. The first-order valence-corrected chi connectivity index (χ1v) is 14.1. The second kappa shape index (κ2) is 8.37. The number of Topliss-reactive ketones (excluding diaryl/α,β-unsaturated/α-hetero) is 1. The van der Waals surface area contributed by atoms with Crippen LogP contribution in [-0.4, -0.2) is 21.2 Å². The van der Waals surface area contributed by atoms with E-state index in [0.717, 1.165) is 30.8 Å². The van der Waals surface area contributed by atoms with E-state index in [9.17, 15) is 4.79 Å². The van der Waals surface area contributed by atoms with E-state index in [-0.39, 0.29) is 16.9 Å². The molecule has 2 saturated carbocycles. The Kier molecular flexibility index (Phi) is 6.38. The second-order valence-electron chi connectivity index (χ2n) is 10.6. The van der Waals surface area contributed by atoms with Gasteiger partial charge in [0.2, 0.25) is 0 Å². The molecule has 3 rings (SSSR count). The van der Waals surface area contributed by atoms with E-state index in [1.165, 1.54) is 11.1 Å². The smallest absolute Gasteiger partial charge is 0.250 e. The van der Waals surface area contributed by atoms with E-state index in [1.807, 2.05) is 12.1 Å². The molecule has 0 aliphatic heterocycles. The summed E-state index contributed by atoms with van der Waals surface area (Å²) in [5.41, 5.74) is 2.45. The van der Waals surface area contributed by atoms with E-state index < -0.39 is 8.32 Å². The van der Waals surface area contributed by atoms with Gasteiger partial charge < -0.3 is 9.16 Å². The Morgan fingerprint density at radius 2 is 1.87 bits per heavy atom. The van der Waals surface area contributed by atoms with Crippen molar-refractivity contribution in [3.63, 3.8) is 0 Å². The highest BCUT2D eigenvalue weighted by Crippen LogP contribution is 2.51. The zero-order chi connectivity index (χ0) is 22.3. The van der Waals surface area contributed by atoms with Crippen molar-refractivity contribution in [1.29, 1.82) is 0 Å². The number of carbonyl (C=O) groups excluding carboxylic acids is 1. The van der Waals surface area contributed by atoms with Crippen LogP contribution in [0.15, 0.2) is 43.0 Å². The van der Waals surface area contributed by atoms with Gasteiger partial charge in [-0.25, -0.2) is 0 Å². The fraction of sp³-hybridized carbons (Fsp3) is 0.577. The van der Waals surface area contributed by atoms with E-state index in [4.69, 9.17) is 9.16 Å². The minimum Gasteiger partial charge on any atom is -0.541 e. The van der Waals surface area contributed by atoms with Crippen molar-refractivity contribution in [3.8, 4) is 11.5 Å². The van der Waals surface area contributed by atoms with Crippen molar-refractivity contribution in [1.82, 2.24) is 0 Å². The summed E-state index contributed by atoms with van der Waals surface area (Å²) in [6, 6.07) is 6.27. The van der Waals surface area contributed by atoms with Crippen LogP contribution in [0.2, 0.25) is 18.1 Å². The van der Waals surface area contributed by atoms with Gasteiger partial charge in [-0.1, -0.05) is 45.1 Å². The minimum absolute atomic E-state index is 0.0844. The lowest BCUT2D eigenvalue weighted by molar-refractivity contribution is -0.126. The molecule has 4 heteroatoms. The van der Waals surface area contributed by atoms with E-state index in [1.54, 1.807) is 7.11 Å².